The normalized spacial score (nSPS) is 20.8. The lowest BCUT2D eigenvalue weighted by Crippen LogP contribution is -2.33. The molecule has 1 aromatic carbocycles. The molecule has 2 rings (SSSR count). The van der Waals surface area contributed by atoms with Gasteiger partial charge in [-0.25, -0.2) is 0 Å². The minimum absolute atomic E-state index is 0.466. The monoisotopic (exact) mass is 283 g/mol. The first-order valence-corrected chi connectivity index (χ1v) is 8.11. The molecule has 1 N–H and O–H groups in total. The summed E-state index contributed by atoms with van der Waals surface area (Å²) >= 11 is 8.07. The van der Waals surface area contributed by atoms with E-state index in [1.165, 1.54) is 29.1 Å². The van der Waals surface area contributed by atoms with Crippen LogP contribution in [0.3, 0.4) is 0 Å². The van der Waals surface area contributed by atoms with Crippen LogP contribution in [0.2, 0.25) is 5.02 Å². The summed E-state index contributed by atoms with van der Waals surface area (Å²) in [5.41, 5.74) is 1.38. The molecule has 1 aliphatic heterocycles. The highest BCUT2D eigenvalue weighted by atomic mass is 35.5. The minimum Gasteiger partial charge on any atom is -0.307 e. The number of halogens is 1. The highest BCUT2D eigenvalue weighted by Crippen LogP contribution is 2.37. The number of nitrogens with one attached hydrogen (secondary N) is 1. The topological polar surface area (TPSA) is 12.0 Å². The van der Waals surface area contributed by atoms with E-state index in [0.29, 0.717) is 12.1 Å². The van der Waals surface area contributed by atoms with Crippen LogP contribution < -0.4 is 5.32 Å². The molecule has 0 bridgehead atoms. The van der Waals surface area contributed by atoms with Gasteiger partial charge in [-0.05, 0) is 55.2 Å². The maximum absolute atomic E-state index is 6.13. The fraction of sp³-hybridized carbons (Fsp3) is 0.600. The number of benzene rings is 1. The molecule has 0 fully saturated rings. The standard InChI is InChI=1S/C15H22ClNS/c1-10(2)8-11(3)17-14-6-7-18-15-5-4-12(16)9-13(14)15/h4-5,9-11,14,17H,6-8H2,1-3H3. The molecule has 1 heterocycles. The maximum Gasteiger partial charge on any atom is 0.0410 e. The van der Waals surface area contributed by atoms with Crippen molar-refractivity contribution in [2.45, 2.75) is 50.6 Å². The van der Waals surface area contributed by atoms with Crippen molar-refractivity contribution in [1.29, 1.82) is 0 Å². The Morgan fingerprint density at radius 3 is 2.89 bits per heavy atom. The van der Waals surface area contributed by atoms with Gasteiger partial charge in [-0.15, -0.1) is 11.8 Å². The lowest BCUT2D eigenvalue weighted by Gasteiger charge is -2.29. The van der Waals surface area contributed by atoms with Crippen LogP contribution in [0.4, 0.5) is 0 Å². The molecule has 0 saturated heterocycles. The lowest BCUT2D eigenvalue weighted by atomic mass is 10.00. The van der Waals surface area contributed by atoms with E-state index in [0.717, 1.165) is 10.9 Å². The van der Waals surface area contributed by atoms with Crippen LogP contribution >= 0.6 is 23.4 Å². The van der Waals surface area contributed by atoms with E-state index in [9.17, 15) is 0 Å². The molecule has 3 heteroatoms. The molecular formula is C15H22ClNS. The van der Waals surface area contributed by atoms with Gasteiger partial charge in [0.25, 0.3) is 0 Å². The predicted molar refractivity (Wildman–Crippen MR) is 81.6 cm³/mol. The lowest BCUT2D eigenvalue weighted by molar-refractivity contribution is 0.385. The third kappa shape index (κ3) is 3.66. The second-order valence-corrected chi connectivity index (χ2v) is 7.14. The second-order valence-electron chi connectivity index (χ2n) is 5.57. The van der Waals surface area contributed by atoms with Crippen LogP contribution in [0.1, 0.15) is 45.2 Å². The Labute approximate surface area is 120 Å². The Balaban J connectivity index is 2.09. The van der Waals surface area contributed by atoms with E-state index in [4.69, 9.17) is 11.6 Å². The molecule has 100 valence electrons. The average Bonchev–Trinajstić information content (AvgIpc) is 2.28. The number of hydrogen-bond donors (Lipinski definition) is 1. The Bertz CT molecular complexity index is 405. The zero-order valence-electron chi connectivity index (χ0n) is 11.4. The molecule has 0 saturated carbocycles. The van der Waals surface area contributed by atoms with Gasteiger partial charge in [0.2, 0.25) is 0 Å². The number of thioether (sulfide) groups is 1. The highest BCUT2D eigenvalue weighted by Gasteiger charge is 2.22. The van der Waals surface area contributed by atoms with Crippen molar-refractivity contribution in [3.8, 4) is 0 Å². The smallest absolute Gasteiger partial charge is 0.0410 e. The van der Waals surface area contributed by atoms with Gasteiger partial charge < -0.3 is 5.32 Å². The van der Waals surface area contributed by atoms with Crippen LogP contribution in [0, 0.1) is 5.92 Å². The van der Waals surface area contributed by atoms with Gasteiger partial charge in [-0.3, -0.25) is 0 Å². The van der Waals surface area contributed by atoms with Crippen molar-refractivity contribution in [3.05, 3.63) is 28.8 Å². The van der Waals surface area contributed by atoms with E-state index in [-0.39, 0.29) is 0 Å². The molecule has 1 nitrogen and oxygen atoms in total. The quantitative estimate of drug-likeness (QED) is 0.843. The molecule has 0 spiro atoms. The van der Waals surface area contributed by atoms with Gasteiger partial charge in [-0.2, -0.15) is 0 Å². The molecule has 0 radical (unpaired) electrons. The van der Waals surface area contributed by atoms with Crippen LogP contribution in [0.15, 0.2) is 23.1 Å². The molecule has 1 aromatic rings. The summed E-state index contributed by atoms with van der Waals surface area (Å²) in [6.45, 7) is 6.84. The van der Waals surface area contributed by atoms with Crippen molar-refractivity contribution < 1.29 is 0 Å². The van der Waals surface area contributed by atoms with Crippen molar-refractivity contribution >= 4 is 23.4 Å². The summed E-state index contributed by atoms with van der Waals surface area (Å²) in [7, 11) is 0. The van der Waals surface area contributed by atoms with Crippen LogP contribution in [-0.4, -0.2) is 11.8 Å². The molecule has 1 aliphatic rings. The first-order valence-electron chi connectivity index (χ1n) is 6.74. The molecule has 2 unspecified atom stereocenters. The number of fused-ring (bicyclic) bond motifs is 1. The van der Waals surface area contributed by atoms with Gasteiger partial charge in [0, 0.05) is 22.0 Å². The molecular weight excluding hydrogens is 262 g/mol. The van der Waals surface area contributed by atoms with Crippen molar-refractivity contribution in [3.63, 3.8) is 0 Å². The number of hydrogen-bond acceptors (Lipinski definition) is 2. The predicted octanol–water partition coefficient (Wildman–Crippen LogP) is 4.90. The molecule has 0 amide bonds. The summed E-state index contributed by atoms with van der Waals surface area (Å²) in [4.78, 5) is 1.39. The van der Waals surface area contributed by atoms with E-state index >= 15 is 0 Å². The van der Waals surface area contributed by atoms with Gasteiger partial charge >= 0.3 is 0 Å². The Kier molecular flexibility index (Phi) is 4.99. The third-order valence-electron chi connectivity index (χ3n) is 3.32. The highest BCUT2D eigenvalue weighted by molar-refractivity contribution is 7.99. The largest absolute Gasteiger partial charge is 0.307 e. The summed E-state index contributed by atoms with van der Waals surface area (Å²) in [6.07, 6.45) is 2.42. The first-order chi connectivity index (χ1) is 8.56. The van der Waals surface area contributed by atoms with Gasteiger partial charge in [0.05, 0.1) is 0 Å². The van der Waals surface area contributed by atoms with E-state index < -0.39 is 0 Å². The van der Waals surface area contributed by atoms with Crippen molar-refractivity contribution in [2.24, 2.45) is 5.92 Å². The maximum atomic E-state index is 6.13. The van der Waals surface area contributed by atoms with Gasteiger partial charge in [-0.1, -0.05) is 25.4 Å². The van der Waals surface area contributed by atoms with Crippen molar-refractivity contribution in [1.82, 2.24) is 5.32 Å². The summed E-state index contributed by atoms with van der Waals surface area (Å²) < 4.78 is 0. The SMILES string of the molecule is CC(C)CC(C)NC1CCSc2ccc(Cl)cc21. The Morgan fingerprint density at radius 1 is 1.39 bits per heavy atom. The van der Waals surface area contributed by atoms with Crippen LogP contribution in [0.25, 0.3) is 0 Å². The third-order valence-corrected chi connectivity index (χ3v) is 4.68. The Hall–Kier alpha value is -0.180. The van der Waals surface area contributed by atoms with Gasteiger partial charge in [0.15, 0.2) is 0 Å². The molecule has 0 aromatic heterocycles. The Morgan fingerprint density at radius 2 is 2.17 bits per heavy atom. The summed E-state index contributed by atoms with van der Waals surface area (Å²) in [5.74, 6) is 1.94. The van der Waals surface area contributed by atoms with Gasteiger partial charge in [0.1, 0.15) is 0 Å². The van der Waals surface area contributed by atoms with Crippen LogP contribution in [-0.2, 0) is 0 Å². The zero-order valence-corrected chi connectivity index (χ0v) is 12.9. The minimum atomic E-state index is 0.466. The molecule has 18 heavy (non-hydrogen) atoms. The van der Waals surface area contributed by atoms with Crippen LogP contribution in [0.5, 0.6) is 0 Å². The average molecular weight is 284 g/mol. The van der Waals surface area contributed by atoms with E-state index in [2.05, 4.69) is 38.2 Å². The second kappa shape index (κ2) is 6.31. The van der Waals surface area contributed by atoms with E-state index in [1.54, 1.807) is 0 Å². The number of rotatable bonds is 4. The summed E-state index contributed by atoms with van der Waals surface area (Å²) in [5, 5.41) is 4.61. The fourth-order valence-electron chi connectivity index (χ4n) is 2.66. The first kappa shape index (κ1) is 14.2. The zero-order chi connectivity index (χ0) is 13.1. The fourth-order valence-corrected chi connectivity index (χ4v) is 3.94. The molecule has 2 atom stereocenters. The molecule has 0 aliphatic carbocycles. The summed E-state index contributed by atoms with van der Waals surface area (Å²) in [6, 6.07) is 7.30. The van der Waals surface area contributed by atoms with Crippen molar-refractivity contribution in [2.75, 3.05) is 5.75 Å². The van der Waals surface area contributed by atoms with E-state index in [1.807, 2.05) is 17.8 Å².